The topological polar surface area (TPSA) is 25.2 Å². The molecule has 0 bridgehead atoms. The lowest BCUT2D eigenvalue weighted by molar-refractivity contribution is -0.147. The van der Waals surface area contributed by atoms with Gasteiger partial charge in [0.1, 0.15) is 6.10 Å². The summed E-state index contributed by atoms with van der Waals surface area (Å²) in [5.41, 5.74) is -1.18. The Hall–Kier alpha value is -2.15. The maximum absolute atomic E-state index is 13.7. The molecule has 1 aromatic carbocycles. The van der Waals surface area contributed by atoms with Crippen LogP contribution in [0.4, 0.5) is 22.0 Å². The van der Waals surface area contributed by atoms with E-state index >= 15 is 0 Å². The molecular formula is C17H14F5NO. The number of aliphatic hydroxyl groups excluding tert-OH is 1. The molecular weight excluding hydrogens is 329 g/mol. The van der Waals surface area contributed by atoms with Crippen LogP contribution in [-0.2, 0) is 12.6 Å². The molecule has 3 rings (SSSR count). The van der Waals surface area contributed by atoms with E-state index in [4.69, 9.17) is 0 Å². The van der Waals surface area contributed by atoms with Gasteiger partial charge in [-0.3, -0.25) is 0 Å². The molecule has 1 aromatic heterocycles. The van der Waals surface area contributed by atoms with Crippen molar-refractivity contribution in [3.8, 4) is 0 Å². The van der Waals surface area contributed by atoms with Gasteiger partial charge in [0.15, 0.2) is 0 Å². The molecule has 1 heterocycles. The number of fused-ring (bicyclic) bond motifs is 1. The van der Waals surface area contributed by atoms with E-state index in [2.05, 4.69) is 6.58 Å². The zero-order chi connectivity index (χ0) is 17.7. The quantitative estimate of drug-likeness (QED) is 0.790. The van der Waals surface area contributed by atoms with E-state index < -0.39 is 35.8 Å². The van der Waals surface area contributed by atoms with Crippen molar-refractivity contribution < 1.29 is 27.1 Å². The van der Waals surface area contributed by atoms with Gasteiger partial charge in [-0.25, -0.2) is 8.78 Å². The van der Waals surface area contributed by atoms with Gasteiger partial charge in [0.25, 0.3) is 5.92 Å². The molecule has 7 heteroatoms. The summed E-state index contributed by atoms with van der Waals surface area (Å²) in [7, 11) is 0. The minimum atomic E-state index is -4.85. The Morgan fingerprint density at radius 1 is 1.21 bits per heavy atom. The van der Waals surface area contributed by atoms with Crippen molar-refractivity contribution in [2.75, 3.05) is 0 Å². The van der Waals surface area contributed by atoms with Crippen LogP contribution in [-0.4, -0.2) is 15.6 Å². The average molecular weight is 343 g/mol. The lowest BCUT2D eigenvalue weighted by Crippen LogP contribution is -2.33. The van der Waals surface area contributed by atoms with Crippen LogP contribution in [0.2, 0.25) is 0 Å². The number of alkyl halides is 5. The highest BCUT2D eigenvalue weighted by molar-refractivity contribution is 5.66. The lowest BCUT2D eigenvalue weighted by Gasteiger charge is -2.29. The van der Waals surface area contributed by atoms with Crippen molar-refractivity contribution in [3.05, 3.63) is 65.5 Å². The largest absolute Gasteiger partial charge is 0.418 e. The van der Waals surface area contributed by atoms with Crippen LogP contribution in [0, 0.1) is 0 Å². The number of aliphatic hydroxyl groups is 1. The highest BCUT2D eigenvalue weighted by Gasteiger charge is 2.50. The van der Waals surface area contributed by atoms with Gasteiger partial charge in [0.2, 0.25) is 0 Å². The van der Waals surface area contributed by atoms with Crippen molar-refractivity contribution in [1.29, 1.82) is 0 Å². The molecule has 0 saturated heterocycles. The van der Waals surface area contributed by atoms with Crippen molar-refractivity contribution in [1.82, 2.24) is 4.57 Å². The summed E-state index contributed by atoms with van der Waals surface area (Å²) in [6, 6.07) is 8.47. The van der Waals surface area contributed by atoms with Crippen LogP contribution in [0.15, 0.2) is 43.1 Å². The molecule has 128 valence electrons. The van der Waals surface area contributed by atoms with E-state index in [1.54, 1.807) is 30.3 Å². The predicted molar refractivity (Wildman–Crippen MR) is 78.5 cm³/mol. The van der Waals surface area contributed by atoms with Gasteiger partial charge in [-0.15, -0.1) is 0 Å². The lowest BCUT2D eigenvalue weighted by atomic mass is 9.89. The molecule has 2 aromatic rings. The molecule has 2 nitrogen and oxygen atoms in total. The Kier molecular flexibility index (Phi) is 3.79. The fourth-order valence-corrected chi connectivity index (χ4v) is 2.99. The Bertz CT molecular complexity index is 776. The summed E-state index contributed by atoms with van der Waals surface area (Å²) < 4.78 is 68.5. The van der Waals surface area contributed by atoms with Crippen LogP contribution in [0.1, 0.15) is 34.9 Å². The van der Waals surface area contributed by atoms with E-state index in [0.717, 1.165) is 10.8 Å². The molecule has 0 aliphatic heterocycles. The normalized spacial score (nSPS) is 19.8. The zero-order valence-electron chi connectivity index (χ0n) is 12.4. The second-order valence-electron chi connectivity index (χ2n) is 5.75. The van der Waals surface area contributed by atoms with Crippen molar-refractivity contribution >= 4 is 5.70 Å². The van der Waals surface area contributed by atoms with Crippen molar-refractivity contribution in [3.63, 3.8) is 0 Å². The Morgan fingerprint density at radius 3 is 2.42 bits per heavy atom. The molecule has 1 aliphatic carbocycles. The fourth-order valence-electron chi connectivity index (χ4n) is 2.99. The van der Waals surface area contributed by atoms with Gasteiger partial charge in [0, 0.05) is 29.6 Å². The monoisotopic (exact) mass is 343 g/mol. The average Bonchev–Trinajstić information content (AvgIpc) is 2.91. The van der Waals surface area contributed by atoms with Gasteiger partial charge >= 0.3 is 6.18 Å². The SMILES string of the molecule is C=C(c1ccccc1)n1cc(C(F)(F)F)c2c1CCC(F)(F)C2O. The Balaban J connectivity index is 2.19. The van der Waals surface area contributed by atoms with E-state index in [0.29, 0.717) is 5.56 Å². The van der Waals surface area contributed by atoms with Gasteiger partial charge in [-0.1, -0.05) is 36.9 Å². The van der Waals surface area contributed by atoms with Crippen molar-refractivity contribution in [2.24, 2.45) is 0 Å². The number of rotatable bonds is 2. The summed E-state index contributed by atoms with van der Waals surface area (Å²) >= 11 is 0. The second kappa shape index (κ2) is 5.44. The second-order valence-corrected chi connectivity index (χ2v) is 5.75. The summed E-state index contributed by atoms with van der Waals surface area (Å²) in [5, 5.41) is 9.81. The van der Waals surface area contributed by atoms with Crippen LogP contribution in [0.25, 0.3) is 5.70 Å². The van der Waals surface area contributed by atoms with Crippen LogP contribution in [0.3, 0.4) is 0 Å². The maximum Gasteiger partial charge on any atom is 0.418 e. The molecule has 1 N–H and O–H groups in total. The highest BCUT2D eigenvalue weighted by Crippen LogP contribution is 2.48. The van der Waals surface area contributed by atoms with Crippen LogP contribution < -0.4 is 0 Å². The van der Waals surface area contributed by atoms with Gasteiger partial charge in [-0.05, 0) is 12.0 Å². The Labute approximate surface area is 134 Å². The molecule has 0 saturated carbocycles. The third-order valence-electron chi connectivity index (χ3n) is 4.22. The molecule has 0 fully saturated rings. The first-order valence-corrected chi connectivity index (χ1v) is 7.25. The fraction of sp³-hybridized carbons (Fsp3) is 0.294. The smallest absolute Gasteiger partial charge is 0.382 e. The number of aromatic nitrogens is 1. The molecule has 0 spiro atoms. The molecule has 1 aliphatic rings. The van der Waals surface area contributed by atoms with E-state index in [9.17, 15) is 27.1 Å². The number of nitrogens with zero attached hydrogens (tertiary/aromatic N) is 1. The van der Waals surface area contributed by atoms with E-state index in [-0.39, 0.29) is 17.8 Å². The van der Waals surface area contributed by atoms with E-state index in [1.807, 2.05) is 0 Å². The first kappa shape index (κ1) is 16.7. The summed E-state index contributed by atoms with van der Waals surface area (Å²) in [5.74, 6) is -3.59. The third kappa shape index (κ3) is 2.62. The molecule has 0 amide bonds. The van der Waals surface area contributed by atoms with E-state index in [1.165, 1.54) is 0 Å². The molecule has 0 radical (unpaired) electrons. The number of hydrogen-bond donors (Lipinski definition) is 1. The van der Waals surface area contributed by atoms with Crippen LogP contribution >= 0.6 is 0 Å². The van der Waals surface area contributed by atoms with Crippen LogP contribution in [0.5, 0.6) is 0 Å². The number of halogens is 5. The highest BCUT2D eigenvalue weighted by atomic mass is 19.4. The zero-order valence-corrected chi connectivity index (χ0v) is 12.4. The maximum atomic E-state index is 13.7. The summed E-state index contributed by atoms with van der Waals surface area (Å²) in [6.07, 6.45) is -7.58. The molecule has 1 unspecified atom stereocenters. The standard InChI is InChI=1S/C17H14F5NO/c1-10(11-5-3-2-4-6-11)23-9-12(17(20,21)22)14-13(23)7-8-16(18,19)15(14)24/h2-6,9,15,24H,1,7-8H2. The molecule has 24 heavy (non-hydrogen) atoms. The van der Waals surface area contributed by atoms with Gasteiger partial charge < -0.3 is 9.67 Å². The minimum absolute atomic E-state index is 0.0228. The number of hydrogen-bond acceptors (Lipinski definition) is 1. The van der Waals surface area contributed by atoms with Gasteiger partial charge in [-0.2, -0.15) is 13.2 Å². The number of benzene rings is 1. The Morgan fingerprint density at radius 2 is 1.83 bits per heavy atom. The first-order chi connectivity index (χ1) is 11.1. The van der Waals surface area contributed by atoms with Gasteiger partial charge in [0.05, 0.1) is 5.56 Å². The first-order valence-electron chi connectivity index (χ1n) is 7.25. The minimum Gasteiger partial charge on any atom is -0.382 e. The predicted octanol–water partition coefficient (Wildman–Crippen LogP) is 4.64. The van der Waals surface area contributed by atoms with Crippen molar-refractivity contribution in [2.45, 2.75) is 31.0 Å². The summed E-state index contributed by atoms with van der Waals surface area (Å²) in [4.78, 5) is 0. The third-order valence-corrected chi connectivity index (χ3v) is 4.22. The molecule has 1 atom stereocenters. The summed E-state index contributed by atoms with van der Waals surface area (Å²) in [6.45, 7) is 3.79.